The number of fused-ring (bicyclic) bond motifs is 7. The maximum absolute atomic E-state index is 17.8. The zero-order valence-corrected chi connectivity index (χ0v) is 37.5. The van der Waals surface area contributed by atoms with Crippen molar-refractivity contribution in [3.8, 4) is 0 Å². The zero-order valence-electron chi connectivity index (χ0n) is 34.2. The zero-order chi connectivity index (χ0) is 45.7. The van der Waals surface area contributed by atoms with E-state index >= 15 is 4.39 Å². The van der Waals surface area contributed by atoms with Gasteiger partial charge in [0, 0.05) is 40.2 Å². The second-order valence-corrected chi connectivity index (χ2v) is 20.1. The largest absolute Gasteiger partial charge is 0.481 e. The smallest absolute Gasteiger partial charge is 0.470 e. The molecule has 10 atom stereocenters. The van der Waals surface area contributed by atoms with Gasteiger partial charge in [-0.3, -0.25) is 33.3 Å². The van der Waals surface area contributed by atoms with Gasteiger partial charge in [0.1, 0.15) is 12.6 Å². The number of anilines is 1. The number of amides is 3. The summed E-state index contributed by atoms with van der Waals surface area (Å²) < 4.78 is 47.5. The first-order valence-electron chi connectivity index (χ1n) is 20.3. The highest BCUT2D eigenvalue weighted by molar-refractivity contribution is 9.09. The lowest BCUT2D eigenvalue weighted by molar-refractivity contribution is -0.231. The normalized spacial score (nSPS) is 32.3. The van der Waals surface area contributed by atoms with Crippen LogP contribution in [0.25, 0.3) is 0 Å². The average molecular weight is 981 g/mol. The average Bonchev–Trinajstić information content (AvgIpc) is 3.91. The minimum atomic E-state index is -5.11. The number of ketones is 2. The van der Waals surface area contributed by atoms with E-state index < -0.39 is 115 Å². The Labute approximate surface area is 373 Å². The molecule has 2 aromatic rings. The number of benzene rings is 1. The van der Waals surface area contributed by atoms with Crippen LogP contribution < -0.4 is 16.0 Å². The van der Waals surface area contributed by atoms with Crippen LogP contribution in [0.1, 0.15) is 74.0 Å². The Morgan fingerprint density at radius 3 is 2.49 bits per heavy atom. The summed E-state index contributed by atoms with van der Waals surface area (Å²) in [5, 5.41) is 28.5. The molecular weight excluding hydrogens is 932 g/mol. The summed E-state index contributed by atoms with van der Waals surface area (Å²) in [4.78, 5) is 95.4. The first-order valence-corrected chi connectivity index (χ1v) is 23.8. The topological polar surface area (TPSA) is 264 Å². The number of hydrogen-bond donors (Lipinski definition) is 7. The Balaban J connectivity index is 1.06. The van der Waals surface area contributed by atoms with Gasteiger partial charge in [-0.1, -0.05) is 46.6 Å². The number of carbonyl (C=O) groups is 6. The number of carbonyl (C=O) groups excluding carboxylic acids is 5. The third-order valence-electron chi connectivity index (χ3n) is 13.5. The van der Waals surface area contributed by atoms with Gasteiger partial charge >= 0.3 is 13.8 Å². The Morgan fingerprint density at radius 1 is 1.08 bits per heavy atom. The molecule has 0 spiro atoms. The number of carboxylic acid groups (broad SMARTS) is 1. The van der Waals surface area contributed by atoms with Crippen LogP contribution in [-0.4, -0.2) is 103 Å². The molecule has 5 aliphatic rings. The predicted molar refractivity (Wildman–Crippen MR) is 226 cm³/mol. The van der Waals surface area contributed by atoms with Crippen LogP contribution in [0.3, 0.4) is 0 Å². The van der Waals surface area contributed by atoms with Gasteiger partial charge in [-0.25, -0.2) is 8.96 Å². The van der Waals surface area contributed by atoms with E-state index in [1.54, 1.807) is 44.2 Å². The molecule has 2 heterocycles. The Kier molecular flexibility index (Phi) is 13.3. The number of rotatable bonds is 16. The molecule has 4 fully saturated rings. The molecule has 17 nitrogen and oxygen atoms in total. The summed E-state index contributed by atoms with van der Waals surface area (Å²) in [5.41, 5.74) is -4.82. The number of carboxylic acids is 1. The van der Waals surface area contributed by atoms with Gasteiger partial charge in [-0.15, -0.1) is 11.3 Å². The molecule has 1 aromatic heterocycles. The van der Waals surface area contributed by atoms with Crippen LogP contribution in [-0.2, 0) is 53.8 Å². The fourth-order valence-electron chi connectivity index (χ4n) is 10.6. The highest BCUT2D eigenvalue weighted by atomic mass is 79.9. The standard InChI is InChI=1S/C42H48BrFN3O14PS/c1-39-14-13-25(48)16-23(39)5-9-27-28-17-33-42(32(50)21-59-62(56,57)58,40(28,2)18-31(49)41(27,39)44)61-38(60-33)30-11-8-26(63-30)15-22-3-6-24(7-4-22)46-37(55)29(10-12-36(53)54)47-35(52)20-45-34(51)19-43/h3-4,6-8,11,13-14,16,27-29,31,33,38,49H,5,9-10,12,15,17-21H2,1-2H3,(H,45,51)(H,46,55)(H,47,52)(H,53,54)(H2,56,57,58)/t27-,28-,29-,31-,33+,38+,39-,40-,41-,42+/m0/s1. The molecule has 7 rings (SSSR count). The molecule has 4 aliphatic carbocycles. The number of hydrogen-bond acceptors (Lipinski definition) is 12. The molecule has 3 saturated carbocycles. The van der Waals surface area contributed by atoms with Crippen molar-refractivity contribution in [3.05, 3.63) is 75.5 Å². The minimum Gasteiger partial charge on any atom is -0.481 e. The number of aliphatic hydroxyl groups is 1. The number of aliphatic hydroxyl groups excluding tert-OH is 1. The van der Waals surface area contributed by atoms with Crippen LogP contribution >= 0.6 is 35.1 Å². The molecule has 1 aromatic carbocycles. The van der Waals surface area contributed by atoms with Gasteiger partial charge < -0.3 is 45.4 Å². The van der Waals surface area contributed by atoms with E-state index in [-0.39, 0.29) is 36.8 Å². The Bertz CT molecular complexity index is 2300. The van der Waals surface area contributed by atoms with Crippen molar-refractivity contribution in [2.75, 3.05) is 23.8 Å². The summed E-state index contributed by atoms with van der Waals surface area (Å²) in [7, 11) is -5.11. The second kappa shape index (κ2) is 17.8. The van der Waals surface area contributed by atoms with E-state index in [1.165, 1.54) is 29.6 Å². The minimum absolute atomic E-state index is 0.0253. The van der Waals surface area contributed by atoms with Gasteiger partial charge in [0.2, 0.25) is 17.7 Å². The molecule has 0 unspecified atom stereocenters. The second-order valence-electron chi connectivity index (χ2n) is 17.1. The lowest BCUT2D eigenvalue weighted by Crippen LogP contribution is -2.69. The first kappa shape index (κ1) is 47.0. The Hall–Kier alpha value is -3.98. The fourth-order valence-corrected chi connectivity index (χ4v) is 12.1. The first-order chi connectivity index (χ1) is 29.6. The van der Waals surface area contributed by atoms with E-state index in [1.807, 2.05) is 6.07 Å². The molecule has 1 aliphatic heterocycles. The number of allylic oxidation sites excluding steroid dienone is 4. The van der Waals surface area contributed by atoms with Crippen LogP contribution in [0.4, 0.5) is 10.1 Å². The number of ether oxygens (including phenoxy) is 2. The van der Waals surface area contributed by atoms with Gasteiger partial charge in [0.15, 0.2) is 29.1 Å². The molecule has 340 valence electrons. The monoisotopic (exact) mass is 979 g/mol. The predicted octanol–water partition coefficient (Wildman–Crippen LogP) is 3.95. The van der Waals surface area contributed by atoms with Crippen molar-refractivity contribution >= 4 is 76.0 Å². The van der Waals surface area contributed by atoms with Gasteiger partial charge in [-0.2, -0.15) is 0 Å². The third-order valence-corrected chi connectivity index (χ3v) is 15.6. The number of halogens is 2. The van der Waals surface area contributed by atoms with E-state index in [0.717, 1.165) is 10.4 Å². The number of nitrogens with one attached hydrogen (secondary N) is 3. The molecule has 63 heavy (non-hydrogen) atoms. The number of phosphoric acid groups is 1. The quantitative estimate of drug-likeness (QED) is 0.0929. The third kappa shape index (κ3) is 8.78. The van der Waals surface area contributed by atoms with Gasteiger partial charge in [0.25, 0.3) is 0 Å². The molecule has 7 N–H and O–H groups in total. The van der Waals surface area contributed by atoms with Crippen LogP contribution in [0.5, 0.6) is 0 Å². The van der Waals surface area contributed by atoms with Crippen molar-refractivity contribution in [1.29, 1.82) is 0 Å². The van der Waals surface area contributed by atoms with Gasteiger partial charge in [0.05, 0.1) is 29.0 Å². The van der Waals surface area contributed by atoms with Crippen LogP contribution in [0.15, 0.2) is 60.2 Å². The van der Waals surface area contributed by atoms with E-state index in [9.17, 15) is 48.2 Å². The summed E-state index contributed by atoms with van der Waals surface area (Å²) in [6.07, 6.45) is 1.00. The van der Waals surface area contributed by atoms with Gasteiger partial charge in [-0.05, 0) is 86.9 Å². The van der Waals surface area contributed by atoms with Crippen LogP contribution in [0.2, 0.25) is 0 Å². The highest BCUT2D eigenvalue weighted by Crippen LogP contribution is 2.72. The summed E-state index contributed by atoms with van der Waals surface area (Å²) >= 11 is 4.31. The molecule has 0 bridgehead atoms. The molecule has 0 radical (unpaired) electrons. The number of thiophene rings is 1. The summed E-state index contributed by atoms with van der Waals surface area (Å²) in [6.45, 7) is 2.00. The molecular formula is C42H48BrFN3O14PS. The van der Waals surface area contributed by atoms with E-state index in [0.29, 0.717) is 29.0 Å². The lowest BCUT2D eigenvalue weighted by Gasteiger charge is -2.62. The maximum atomic E-state index is 17.8. The fraction of sp³-hybridized carbons (Fsp3) is 0.524. The number of phosphoric ester groups is 1. The Morgan fingerprint density at radius 2 is 1.81 bits per heavy atom. The number of alkyl halides is 2. The van der Waals surface area contributed by atoms with Crippen molar-refractivity contribution in [3.63, 3.8) is 0 Å². The van der Waals surface area contributed by atoms with Crippen molar-refractivity contribution in [1.82, 2.24) is 10.6 Å². The van der Waals surface area contributed by atoms with E-state index in [4.69, 9.17) is 19.1 Å². The van der Waals surface area contributed by atoms with E-state index in [2.05, 4.69) is 31.9 Å². The van der Waals surface area contributed by atoms with Crippen molar-refractivity contribution < 1.29 is 71.7 Å². The SMILES string of the molecule is C[C@]12C=CC(=O)C=C1CC[C@H]1[C@@H]3C[C@H]4O[C@@H](c5ccc(Cc6ccc(NC(=O)[C@H](CCC(=O)O)NC(=O)CNC(=O)CBr)cc6)s5)O[C@@]4(C(=O)COP(=O)(O)O)[C@@]3(C)C[C@H](O)[C@@]12F. The number of Topliss-reactive ketones (excluding diaryl/α,β-unsaturated/α-hetero) is 1. The molecule has 3 amide bonds. The summed E-state index contributed by atoms with van der Waals surface area (Å²) in [6, 6.07) is 9.25. The van der Waals surface area contributed by atoms with Crippen LogP contribution in [0, 0.1) is 22.7 Å². The lowest BCUT2D eigenvalue weighted by atomic mass is 9.44. The molecule has 1 saturated heterocycles. The number of aliphatic carboxylic acids is 1. The highest BCUT2D eigenvalue weighted by Gasteiger charge is 2.79. The maximum Gasteiger partial charge on any atom is 0.470 e. The summed E-state index contributed by atoms with van der Waals surface area (Å²) in [5.74, 6) is -5.33. The van der Waals surface area contributed by atoms with Crippen molar-refractivity contribution in [2.24, 2.45) is 22.7 Å². The van der Waals surface area contributed by atoms with Crippen molar-refractivity contribution in [2.45, 2.75) is 94.6 Å². The molecule has 21 heteroatoms.